The van der Waals surface area contributed by atoms with Gasteiger partial charge >= 0.3 is 0 Å². The standard InChI is InChI=1S/C14H18ClN3/c1-14(2,3)16-8-10-9-17-18-13(10)11-6-4-5-7-12(11)15/h4-7,9,16H,8H2,1-3H3,(H,17,18). The molecule has 1 aromatic heterocycles. The molecule has 0 saturated carbocycles. The second kappa shape index (κ2) is 5.12. The number of benzene rings is 1. The van der Waals surface area contributed by atoms with Gasteiger partial charge in [0.15, 0.2) is 0 Å². The summed E-state index contributed by atoms with van der Waals surface area (Å²) in [5, 5.41) is 11.3. The summed E-state index contributed by atoms with van der Waals surface area (Å²) in [6.45, 7) is 7.19. The first-order valence-electron chi connectivity index (χ1n) is 5.99. The van der Waals surface area contributed by atoms with E-state index in [-0.39, 0.29) is 5.54 Å². The van der Waals surface area contributed by atoms with Crippen molar-refractivity contribution in [2.75, 3.05) is 0 Å². The average molecular weight is 264 g/mol. The minimum absolute atomic E-state index is 0.0784. The highest BCUT2D eigenvalue weighted by Gasteiger charge is 2.13. The van der Waals surface area contributed by atoms with Gasteiger partial charge < -0.3 is 5.32 Å². The van der Waals surface area contributed by atoms with Gasteiger partial charge in [-0.2, -0.15) is 5.10 Å². The largest absolute Gasteiger partial charge is 0.308 e. The van der Waals surface area contributed by atoms with Crippen LogP contribution in [0.4, 0.5) is 0 Å². The highest BCUT2D eigenvalue weighted by Crippen LogP contribution is 2.28. The van der Waals surface area contributed by atoms with Crippen molar-refractivity contribution in [2.24, 2.45) is 0 Å². The van der Waals surface area contributed by atoms with E-state index in [2.05, 4.69) is 36.3 Å². The minimum Gasteiger partial charge on any atom is -0.308 e. The smallest absolute Gasteiger partial charge is 0.0710 e. The number of aromatic amines is 1. The van der Waals surface area contributed by atoms with Crippen LogP contribution in [0.2, 0.25) is 5.02 Å². The van der Waals surface area contributed by atoms with E-state index in [1.165, 1.54) is 0 Å². The molecule has 18 heavy (non-hydrogen) atoms. The fourth-order valence-corrected chi connectivity index (χ4v) is 1.93. The first-order chi connectivity index (χ1) is 8.47. The van der Waals surface area contributed by atoms with E-state index in [0.29, 0.717) is 0 Å². The molecule has 0 atom stereocenters. The van der Waals surface area contributed by atoms with Crippen LogP contribution in [0.5, 0.6) is 0 Å². The van der Waals surface area contributed by atoms with Gasteiger partial charge in [-0.25, -0.2) is 0 Å². The van der Waals surface area contributed by atoms with Crippen LogP contribution in [0, 0.1) is 0 Å². The summed E-state index contributed by atoms with van der Waals surface area (Å²) in [6, 6.07) is 7.79. The Morgan fingerprint density at radius 1 is 1.28 bits per heavy atom. The van der Waals surface area contributed by atoms with Crippen molar-refractivity contribution < 1.29 is 0 Å². The maximum atomic E-state index is 6.21. The number of halogens is 1. The third-order valence-electron chi connectivity index (χ3n) is 2.67. The maximum absolute atomic E-state index is 6.21. The second-order valence-corrected chi connectivity index (χ2v) is 5.76. The molecule has 1 heterocycles. The highest BCUT2D eigenvalue weighted by molar-refractivity contribution is 6.33. The summed E-state index contributed by atoms with van der Waals surface area (Å²) < 4.78 is 0. The van der Waals surface area contributed by atoms with Gasteiger partial charge in [0.25, 0.3) is 0 Å². The van der Waals surface area contributed by atoms with Crippen molar-refractivity contribution >= 4 is 11.6 Å². The lowest BCUT2D eigenvalue weighted by Crippen LogP contribution is -2.35. The van der Waals surface area contributed by atoms with Gasteiger partial charge in [-0.15, -0.1) is 0 Å². The van der Waals surface area contributed by atoms with Crippen LogP contribution in [-0.4, -0.2) is 15.7 Å². The predicted octanol–water partition coefficient (Wildman–Crippen LogP) is 3.62. The van der Waals surface area contributed by atoms with Crippen LogP contribution < -0.4 is 5.32 Å². The highest BCUT2D eigenvalue weighted by atomic mass is 35.5. The summed E-state index contributed by atoms with van der Waals surface area (Å²) in [6.07, 6.45) is 1.84. The molecule has 0 fully saturated rings. The summed E-state index contributed by atoms with van der Waals surface area (Å²) in [4.78, 5) is 0. The molecular weight excluding hydrogens is 246 g/mol. The van der Waals surface area contributed by atoms with E-state index in [1.807, 2.05) is 30.5 Å². The Labute approximate surface area is 113 Å². The topological polar surface area (TPSA) is 40.7 Å². The maximum Gasteiger partial charge on any atom is 0.0710 e. The number of H-pyrrole nitrogens is 1. The van der Waals surface area contributed by atoms with Crippen molar-refractivity contribution in [1.29, 1.82) is 0 Å². The molecule has 4 heteroatoms. The molecule has 0 aliphatic heterocycles. The molecule has 1 aromatic carbocycles. The lowest BCUT2D eigenvalue weighted by molar-refractivity contribution is 0.424. The third kappa shape index (κ3) is 3.12. The molecule has 0 aliphatic carbocycles. The van der Waals surface area contributed by atoms with E-state index in [4.69, 9.17) is 11.6 Å². The Morgan fingerprint density at radius 2 is 2.00 bits per heavy atom. The van der Waals surface area contributed by atoms with Gasteiger partial charge in [0.1, 0.15) is 0 Å². The Morgan fingerprint density at radius 3 is 2.67 bits per heavy atom. The predicted molar refractivity (Wildman–Crippen MR) is 75.6 cm³/mol. The molecule has 2 rings (SSSR count). The molecule has 0 radical (unpaired) electrons. The molecule has 0 unspecified atom stereocenters. The van der Waals surface area contributed by atoms with E-state index in [1.54, 1.807) is 0 Å². The number of aromatic nitrogens is 2. The van der Waals surface area contributed by atoms with E-state index in [0.717, 1.165) is 28.4 Å². The molecule has 0 saturated heterocycles. The summed E-state index contributed by atoms with van der Waals surface area (Å²) >= 11 is 6.21. The van der Waals surface area contributed by atoms with Crippen LogP contribution in [0.1, 0.15) is 26.3 Å². The van der Waals surface area contributed by atoms with Crippen molar-refractivity contribution in [3.63, 3.8) is 0 Å². The van der Waals surface area contributed by atoms with Crippen molar-refractivity contribution in [2.45, 2.75) is 32.9 Å². The zero-order chi connectivity index (χ0) is 13.2. The lowest BCUT2D eigenvalue weighted by Gasteiger charge is -2.20. The van der Waals surface area contributed by atoms with Crippen molar-refractivity contribution in [3.8, 4) is 11.3 Å². The molecule has 3 nitrogen and oxygen atoms in total. The first kappa shape index (κ1) is 13.1. The summed E-state index contributed by atoms with van der Waals surface area (Å²) in [7, 11) is 0. The summed E-state index contributed by atoms with van der Waals surface area (Å²) in [5.74, 6) is 0. The van der Waals surface area contributed by atoms with Crippen LogP contribution >= 0.6 is 11.6 Å². The van der Waals surface area contributed by atoms with Crippen molar-refractivity contribution in [1.82, 2.24) is 15.5 Å². The molecule has 2 N–H and O–H groups in total. The van der Waals surface area contributed by atoms with Gasteiger partial charge in [-0.05, 0) is 26.8 Å². The molecule has 2 aromatic rings. The average Bonchev–Trinajstić information content (AvgIpc) is 2.74. The van der Waals surface area contributed by atoms with Gasteiger partial charge in [0.05, 0.1) is 11.9 Å². The number of nitrogens with zero attached hydrogens (tertiary/aromatic N) is 1. The normalized spacial score (nSPS) is 11.8. The number of hydrogen-bond donors (Lipinski definition) is 2. The Hall–Kier alpha value is -1.32. The molecule has 0 bridgehead atoms. The number of hydrogen-bond acceptors (Lipinski definition) is 2. The van der Waals surface area contributed by atoms with Gasteiger partial charge in [-0.3, -0.25) is 5.10 Å². The monoisotopic (exact) mass is 263 g/mol. The van der Waals surface area contributed by atoms with Gasteiger partial charge in [0, 0.05) is 28.2 Å². The first-order valence-corrected chi connectivity index (χ1v) is 6.37. The Balaban J connectivity index is 2.26. The molecule has 0 aliphatic rings. The van der Waals surface area contributed by atoms with Gasteiger partial charge in [0.2, 0.25) is 0 Å². The minimum atomic E-state index is 0.0784. The molecule has 0 spiro atoms. The van der Waals surface area contributed by atoms with E-state index >= 15 is 0 Å². The molecule has 96 valence electrons. The Bertz CT molecular complexity index is 526. The van der Waals surface area contributed by atoms with Crippen LogP contribution in [0.25, 0.3) is 11.3 Å². The fourth-order valence-electron chi connectivity index (χ4n) is 1.70. The SMILES string of the molecule is CC(C)(C)NCc1cn[nH]c1-c1ccccc1Cl. The molecule has 0 amide bonds. The Kier molecular flexibility index (Phi) is 3.73. The van der Waals surface area contributed by atoms with Crippen LogP contribution in [0.15, 0.2) is 30.5 Å². The van der Waals surface area contributed by atoms with Crippen LogP contribution in [0.3, 0.4) is 0 Å². The lowest BCUT2D eigenvalue weighted by atomic mass is 10.1. The molecular formula is C14H18ClN3. The zero-order valence-electron chi connectivity index (χ0n) is 10.9. The van der Waals surface area contributed by atoms with Crippen LogP contribution in [-0.2, 0) is 6.54 Å². The van der Waals surface area contributed by atoms with Gasteiger partial charge in [-0.1, -0.05) is 29.8 Å². The third-order valence-corrected chi connectivity index (χ3v) is 3.00. The van der Waals surface area contributed by atoms with Crippen molar-refractivity contribution in [3.05, 3.63) is 41.0 Å². The van der Waals surface area contributed by atoms with E-state index < -0.39 is 0 Å². The quantitative estimate of drug-likeness (QED) is 0.888. The van der Waals surface area contributed by atoms with E-state index in [9.17, 15) is 0 Å². The second-order valence-electron chi connectivity index (χ2n) is 5.35. The zero-order valence-corrected chi connectivity index (χ0v) is 11.7. The fraction of sp³-hybridized carbons (Fsp3) is 0.357. The summed E-state index contributed by atoms with van der Waals surface area (Å²) in [5.41, 5.74) is 3.17. The number of nitrogens with one attached hydrogen (secondary N) is 2. The number of rotatable bonds is 3.